The number of nitrogens with two attached hydrogens (primary N) is 1. The van der Waals surface area contributed by atoms with Gasteiger partial charge in [-0.3, -0.25) is 4.68 Å². The largest absolute Gasteiger partial charge is 0.398 e. The summed E-state index contributed by atoms with van der Waals surface area (Å²) in [5, 5.41) is 4.34. The number of rotatable bonds is 3. The molecule has 2 heterocycles. The molecule has 0 unspecified atom stereocenters. The minimum atomic E-state index is 0.890. The number of aryl methyl sites for hydroxylation is 2. The third-order valence-corrected chi connectivity index (χ3v) is 5.03. The Morgan fingerprint density at radius 1 is 1.20 bits per heavy atom. The Morgan fingerprint density at radius 3 is 2.88 bits per heavy atom. The van der Waals surface area contributed by atoms with Gasteiger partial charge in [-0.25, -0.2) is 0 Å². The number of nitrogens with zero attached hydrogens (tertiary/aromatic N) is 3. The Labute approximate surface area is 148 Å². The molecule has 0 bridgehead atoms. The first-order valence-corrected chi connectivity index (χ1v) is 8.82. The predicted molar refractivity (Wildman–Crippen MR) is 104 cm³/mol. The molecule has 0 atom stereocenters. The number of nitrogen functional groups attached to an aromatic ring is 1. The van der Waals surface area contributed by atoms with Crippen molar-refractivity contribution in [2.45, 2.75) is 26.3 Å². The monoisotopic (exact) mass is 332 g/mol. The van der Waals surface area contributed by atoms with Crippen molar-refractivity contribution in [3.8, 4) is 11.1 Å². The van der Waals surface area contributed by atoms with Gasteiger partial charge in [0.15, 0.2) is 0 Å². The maximum absolute atomic E-state index is 6.20. The molecule has 2 N–H and O–H groups in total. The van der Waals surface area contributed by atoms with Gasteiger partial charge in [0.1, 0.15) is 0 Å². The SMILES string of the molecule is Cc1ccc(CN2CCCc3c(N)cccc32)c(-c2cnn(C)c2)c1. The number of anilines is 2. The number of fused-ring (bicyclic) bond motifs is 1. The van der Waals surface area contributed by atoms with Crippen molar-refractivity contribution in [2.75, 3.05) is 17.2 Å². The van der Waals surface area contributed by atoms with Crippen molar-refractivity contribution in [1.82, 2.24) is 9.78 Å². The van der Waals surface area contributed by atoms with Crippen LogP contribution in [0.25, 0.3) is 11.1 Å². The number of benzene rings is 2. The Morgan fingerprint density at radius 2 is 2.08 bits per heavy atom. The molecule has 4 rings (SSSR count). The molecule has 3 aromatic rings. The van der Waals surface area contributed by atoms with E-state index in [0.717, 1.165) is 31.6 Å². The minimum Gasteiger partial charge on any atom is -0.398 e. The van der Waals surface area contributed by atoms with E-state index in [2.05, 4.69) is 53.5 Å². The summed E-state index contributed by atoms with van der Waals surface area (Å²) in [7, 11) is 1.96. The van der Waals surface area contributed by atoms with E-state index >= 15 is 0 Å². The lowest BCUT2D eigenvalue weighted by molar-refractivity contribution is 0.693. The van der Waals surface area contributed by atoms with E-state index in [9.17, 15) is 0 Å². The second-order valence-corrected chi connectivity index (χ2v) is 6.93. The van der Waals surface area contributed by atoms with E-state index in [1.165, 1.54) is 33.5 Å². The second kappa shape index (κ2) is 6.28. The average molecular weight is 332 g/mol. The molecule has 4 nitrogen and oxygen atoms in total. The first-order valence-electron chi connectivity index (χ1n) is 8.82. The lowest BCUT2D eigenvalue weighted by Gasteiger charge is -2.32. The second-order valence-electron chi connectivity index (χ2n) is 6.93. The summed E-state index contributed by atoms with van der Waals surface area (Å²) < 4.78 is 1.86. The van der Waals surface area contributed by atoms with Crippen molar-refractivity contribution >= 4 is 11.4 Å². The van der Waals surface area contributed by atoms with Crippen molar-refractivity contribution < 1.29 is 0 Å². The van der Waals surface area contributed by atoms with Crippen LogP contribution in [0.2, 0.25) is 0 Å². The fraction of sp³-hybridized carbons (Fsp3) is 0.286. The van der Waals surface area contributed by atoms with Gasteiger partial charge < -0.3 is 10.6 Å². The molecule has 0 aliphatic carbocycles. The van der Waals surface area contributed by atoms with E-state index in [0.29, 0.717) is 0 Å². The van der Waals surface area contributed by atoms with Gasteiger partial charge in [0, 0.05) is 43.3 Å². The van der Waals surface area contributed by atoms with Crippen LogP contribution in [0.3, 0.4) is 0 Å². The van der Waals surface area contributed by atoms with Gasteiger partial charge in [0.25, 0.3) is 0 Å². The van der Waals surface area contributed by atoms with E-state index in [4.69, 9.17) is 5.73 Å². The fourth-order valence-electron chi connectivity index (χ4n) is 3.75. The number of hydrogen-bond donors (Lipinski definition) is 1. The van der Waals surface area contributed by atoms with Gasteiger partial charge in [-0.2, -0.15) is 5.10 Å². The van der Waals surface area contributed by atoms with Crippen molar-refractivity contribution in [3.63, 3.8) is 0 Å². The molecule has 0 radical (unpaired) electrons. The molecule has 1 aromatic heterocycles. The quantitative estimate of drug-likeness (QED) is 0.739. The summed E-state index contributed by atoms with van der Waals surface area (Å²) in [6, 6.07) is 13.0. The van der Waals surface area contributed by atoms with Gasteiger partial charge >= 0.3 is 0 Å². The average Bonchev–Trinajstić information content (AvgIpc) is 3.04. The van der Waals surface area contributed by atoms with Crippen LogP contribution in [0.1, 0.15) is 23.1 Å². The zero-order chi connectivity index (χ0) is 17.4. The smallest absolute Gasteiger partial charge is 0.0568 e. The Bertz CT molecular complexity index is 910. The first-order chi connectivity index (χ1) is 12.1. The molecule has 1 aliphatic rings. The normalized spacial score (nSPS) is 13.8. The summed E-state index contributed by atoms with van der Waals surface area (Å²) in [6.45, 7) is 4.10. The lowest BCUT2D eigenvalue weighted by Crippen LogP contribution is -2.29. The van der Waals surface area contributed by atoms with Gasteiger partial charge in [0.05, 0.1) is 6.20 Å². The minimum absolute atomic E-state index is 0.890. The van der Waals surface area contributed by atoms with Crippen LogP contribution in [-0.4, -0.2) is 16.3 Å². The number of aromatic nitrogens is 2. The molecule has 1 aliphatic heterocycles. The maximum Gasteiger partial charge on any atom is 0.0568 e. The summed E-state index contributed by atoms with van der Waals surface area (Å²) in [5.74, 6) is 0. The predicted octanol–water partition coefficient (Wildman–Crippen LogP) is 3.93. The number of hydrogen-bond acceptors (Lipinski definition) is 3. The van der Waals surface area contributed by atoms with E-state index < -0.39 is 0 Å². The summed E-state index contributed by atoms with van der Waals surface area (Å²) in [5.41, 5.74) is 14.7. The zero-order valence-corrected chi connectivity index (χ0v) is 14.9. The third kappa shape index (κ3) is 3.00. The summed E-state index contributed by atoms with van der Waals surface area (Å²) in [4.78, 5) is 2.46. The highest BCUT2D eigenvalue weighted by Crippen LogP contribution is 2.34. The highest BCUT2D eigenvalue weighted by Gasteiger charge is 2.20. The molecule has 0 spiro atoms. The summed E-state index contributed by atoms with van der Waals surface area (Å²) in [6.07, 6.45) is 6.25. The van der Waals surface area contributed by atoms with E-state index in [1.54, 1.807) is 0 Å². The van der Waals surface area contributed by atoms with Crippen LogP contribution in [-0.2, 0) is 20.0 Å². The third-order valence-electron chi connectivity index (χ3n) is 5.03. The Kier molecular flexibility index (Phi) is 3.96. The Balaban J connectivity index is 1.72. The van der Waals surface area contributed by atoms with Crippen LogP contribution in [0.4, 0.5) is 11.4 Å². The van der Waals surface area contributed by atoms with Crippen LogP contribution >= 0.6 is 0 Å². The highest BCUT2D eigenvalue weighted by molar-refractivity contribution is 5.70. The van der Waals surface area contributed by atoms with Crippen LogP contribution in [0.5, 0.6) is 0 Å². The maximum atomic E-state index is 6.20. The van der Waals surface area contributed by atoms with E-state index in [-0.39, 0.29) is 0 Å². The van der Waals surface area contributed by atoms with E-state index in [1.807, 2.05) is 24.0 Å². The van der Waals surface area contributed by atoms with Crippen LogP contribution in [0.15, 0.2) is 48.8 Å². The van der Waals surface area contributed by atoms with Crippen LogP contribution in [0, 0.1) is 6.92 Å². The van der Waals surface area contributed by atoms with Crippen molar-refractivity contribution in [1.29, 1.82) is 0 Å². The van der Waals surface area contributed by atoms with Gasteiger partial charge in [-0.15, -0.1) is 0 Å². The molecular formula is C21H24N4. The molecule has 4 heteroatoms. The molecular weight excluding hydrogens is 308 g/mol. The fourth-order valence-corrected chi connectivity index (χ4v) is 3.75. The molecule has 0 fully saturated rings. The van der Waals surface area contributed by atoms with Gasteiger partial charge in [-0.1, -0.05) is 29.8 Å². The van der Waals surface area contributed by atoms with Crippen molar-refractivity contribution in [3.05, 3.63) is 65.5 Å². The molecule has 0 saturated heterocycles. The molecule has 0 amide bonds. The molecule has 2 aromatic carbocycles. The standard InChI is InChI=1S/C21H24N4/c1-15-8-9-16(19(11-15)17-12-23-24(2)13-17)14-25-10-4-5-18-20(22)6-3-7-21(18)25/h3,6-9,11-13H,4-5,10,14,22H2,1-2H3. The molecule has 128 valence electrons. The topological polar surface area (TPSA) is 47.1 Å². The van der Waals surface area contributed by atoms with Crippen molar-refractivity contribution in [2.24, 2.45) is 7.05 Å². The Hall–Kier alpha value is -2.75. The first kappa shape index (κ1) is 15.8. The molecule has 25 heavy (non-hydrogen) atoms. The highest BCUT2D eigenvalue weighted by atomic mass is 15.2. The van der Waals surface area contributed by atoms with Crippen LogP contribution < -0.4 is 10.6 Å². The molecule has 0 saturated carbocycles. The van der Waals surface area contributed by atoms with Gasteiger partial charge in [-0.05, 0) is 48.6 Å². The van der Waals surface area contributed by atoms with Gasteiger partial charge in [0.2, 0.25) is 0 Å². The summed E-state index contributed by atoms with van der Waals surface area (Å²) >= 11 is 0. The lowest BCUT2D eigenvalue weighted by atomic mass is 9.96. The zero-order valence-electron chi connectivity index (χ0n) is 14.9.